The number of amides is 2. The zero-order valence-corrected chi connectivity index (χ0v) is 16.4. The summed E-state index contributed by atoms with van der Waals surface area (Å²) in [5.74, 6) is -0.252. The number of nitrogens with one attached hydrogen (secondary N) is 1. The SMILES string of the molecule is CN(Cc1cnn(-c2ccccc2)c1)C(=O)CCNC(=O)/C=C/c1ccccc1. The van der Waals surface area contributed by atoms with Gasteiger partial charge in [0.05, 0.1) is 11.9 Å². The second-order valence-electron chi connectivity index (χ2n) is 6.66. The molecule has 148 valence electrons. The van der Waals surface area contributed by atoms with Crippen molar-refractivity contribution in [2.24, 2.45) is 0 Å². The van der Waals surface area contributed by atoms with E-state index in [1.807, 2.05) is 66.9 Å². The number of aromatic nitrogens is 2. The Bertz CT molecular complexity index is 965. The Morgan fingerprint density at radius 2 is 1.76 bits per heavy atom. The molecule has 0 radical (unpaired) electrons. The molecule has 0 unspecified atom stereocenters. The van der Waals surface area contributed by atoms with E-state index in [1.54, 1.807) is 28.9 Å². The van der Waals surface area contributed by atoms with Gasteiger partial charge in [-0.2, -0.15) is 5.10 Å². The van der Waals surface area contributed by atoms with Gasteiger partial charge >= 0.3 is 0 Å². The summed E-state index contributed by atoms with van der Waals surface area (Å²) < 4.78 is 1.78. The lowest BCUT2D eigenvalue weighted by Crippen LogP contribution is -2.31. The topological polar surface area (TPSA) is 67.2 Å². The highest BCUT2D eigenvalue weighted by atomic mass is 16.2. The van der Waals surface area contributed by atoms with E-state index < -0.39 is 0 Å². The Labute approximate surface area is 170 Å². The van der Waals surface area contributed by atoms with Crippen LogP contribution < -0.4 is 5.32 Å². The van der Waals surface area contributed by atoms with E-state index in [1.165, 1.54) is 6.08 Å². The summed E-state index contributed by atoms with van der Waals surface area (Å²) in [6.45, 7) is 0.762. The predicted octanol–water partition coefficient (Wildman–Crippen LogP) is 3.05. The van der Waals surface area contributed by atoms with Crippen LogP contribution in [0.25, 0.3) is 11.8 Å². The second kappa shape index (κ2) is 10.0. The Morgan fingerprint density at radius 3 is 2.48 bits per heavy atom. The van der Waals surface area contributed by atoms with Crippen molar-refractivity contribution in [3.63, 3.8) is 0 Å². The minimum absolute atomic E-state index is 0.0372. The number of carbonyl (C=O) groups excluding carboxylic acids is 2. The molecule has 0 aliphatic rings. The molecule has 6 heteroatoms. The van der Waals surface area contributed by atoms with Crippen molar-refractivity contribution in [2.75, 3.05) is 13.6 Å². The second-order valence-corrected chi connectivity index (χ2v) is 6.66. The molecule has 0 aliphatic heterocycles. The Morgan fingerprint density at radius 1 is 1.07 bits per heavy atom. The van der Waals surface area contributed by atoms with Gasteiger partial charge in [0.2, 0.25) is 11.8 Å². The number of benzene rings is 2. The highest BCUT2D eigenvalue weighted by molar-refractivity contribution is 5.92. The molecule has 1 N–H and O–H groups in total. The molecule has 0 fully saturated rings. The number of rotatable bonds is 8. The summed E-state index contributed by atoms with van der Waals surface area (Å²) in [4.78, 5) is 25.8. The van der Waals surface area contributed by atoms with E-state index in [-0.39, 0.29) is 18.2 Å². The molecule has 0 aliphatic carbocycles. The molecular weight excluding hydrogens is 364 g/mol. The van der Waals surface area contributed by atoms with Crippen LogP contribution in [0.4, 0.5) is 0 Å². The molecule has 2 aromatic carbocycles. The van der Waals surface area contributed by atoms with E-state index in [2.05, 4.69) is 10.4 Å². The smallest absolute Gasteiger partial charge is 0.244 e. The van der Waals surface area contributed by atoms with Gasteiger partial charge in [-0.15, -0.1) is 0 Å². The predicted molar refractivity (Wildman–Crippen MR) is 113 cm³/mol. The van der Waals surface area contributed by atoms with Gasteiger partial charge in [0.1, 0.15) is 0 Å². The number of hydrogen-bond donors (Lipinski definition) is 1. The molecule has 0 bridgehead atoms. The number of nitrogens with zero attached hydrogens (tertiary/aromatic N) is 3. The van der Waals surface area contributed by atoms with E-state index >= 15 is 0 Å². The van der Waals surface area contributed by atoms with Gasteiger partial charge < -0.3 is 10.2 Å². The van der Waals surface area contributed by atoms with Crippen molar-refractivity contribution in [3.05, 3.63) is 90.3 Å². The Kier molecular flexibility index (Phi) is 6.95. The maximum Gasteiger partial charge on any atom is 0.244 e. The van der Waals surface area contributed by atoms with Crippen LogP contribution in [0.5, 0.6) is 0 Å². The molecule has 6 nitrogen and oxygen atoms in total. The maximum atomic E-state index is 12.3. The minimum Gasteiger partial charge on any atom is -0.352 e. The maximum absolute atomic E-state index is 12.3. The van der Waals surface area contributed by atoms with Gasteiger partial charge in [-0.3, -0.25) is 9.59 Å². The lowest BCUT2D eigenvalue weighted by molar-refractivity contribution is -0.130. The summed E-state index contributed by atoms with van der Waals surface area (Å²) in [5.41, 5.74) is 2.87. The summed E-state index contributed by atoms with van der Waals surface area (Å²) in [5, 5.41) is 7.08. The van der Waals surface area contributed by atoms with Crippen molar-refractivity contribution in [2.45, 2.75) is 13.0 Å². The largest absolute Gasteiger partial charge is 0.352 e. The van der Waals surface area contributed by atoms with Crippen molar-refractivity contribution in [3.8, 4) is 5.69 Å². The fourth-order valence-corrected chi connectivity index (χ4v) is 2.80. The van der Waals surface area contributed by atoms with Gasteiger partial charge in [0.25, 0.3) is 0 Å². The third-order valence-corrected chi connectivity index (χ3v) is 4.37. The Hall–Kier alpha value is -3.67. The first-order valence-electron chi connectivity index (χ1n) is 9.46. The van der Waals surface area contributed by atoms with E-state index in [9.17, 15) is 9.59 Å². The van der Waals surface area contributed by atoms with Crippen LogP contribution in [0, 0.1) is 0 Å². The monoisotopic (exact) mass is 388 g/mol. The molecular formula is C23H24N4O2. The number of hydrogen-bond acceptors (Lipinski definition) is 3. The zero-order chi connectivity index (χ0) is 20.5. The first-order valence-corrected chi connectivity index (χ1v) is 9.46. The third kappa shape index (κ3) is 6.17. The van der Waals surface area contributed by atoms with Crippen molar-refractivity contribution < 1.29 is 9.59 Å². The van der Waals surface area contributed by atoms with Gasteiger partial charge in [-0.1, -0.05) is 48.5 Å². The molecule has 1 heterocycles. The van der Waals surface area contributed by atoms with Crippen LogP contribution >= 0.6 is 0 Å². The molecule has 3 aromatic rings. The van der Waals surface area contributed by atoms with Gasteiger partial charge in [0.15, 0.2) is 0 Å². The number of para-hydroxylation sites is 1. The summed E-state index contributed by atoms with van der Waals surface area (Å²) in [6.07, 6.45) is 7.13. The highest BCUT2D eigenvalue weighted by Crippen LogP contribution is 2.09. The van der Waals surface area contributed by atoms with Crippen LogP contribution in [0.1, 0.15) is 17.5 Å². The van der Waals surface area contributed by atoms with Gasteiger partial charge in [-0.25, -0.2) is 4.68 Å². The lowest BCUT2D eigenvalue weighted by Gasteiger charge is -2.16. The summed E-state index contributed by atoms with van der Waals surface area (Å²) in [7, 11) is 1.75. The molecule has 0 saturated carbocycles. The molecule has 0 spiro atoms. The Balaban J connectivity index is 1.42. The number of carbonyl (C=O) groups is 2. The van der Waals surface area contributed by atoms with E-state index in [4.69, 9.17) is 0 Å². The van der Waals surface area contributed by atoms with E-state index in [0.717, 1.165) is 16.8 Å². The summed E-state index contributed by atoms with van der Waals surface area (Å²) >= 11 is 0. The normalized spacial score (nSPS) is 10.8. The van der Waals surface area contributed by atoms with Crippen LogP contribution in [-0.4, -0.2) is 40.1 Å². The quantitative estimate of drug-likeness (QED) is 0.603. The van der Waals surface area contributed by atoms with Gasteiger partial charge in [-0.05, 0) is 23.8 Å². The summed E-state index contributed by atoms with van der Waals surface area (Å²) in [6, 6.07) is 19.4. The molecule has 2 amide bonds. The van der Waals surface area contributed by atoms with Crippen LogP contribution in [0.2, 0.25) is 0 Å². The average molecular weight is 388 g/mol. The minimum atomic E-state index is -0.214. The first-order chi connectivity index (χ1) is 14.1. The van der Waals surface area contributed by atoms with Crippen LogP contribution in [-0.2, 0) is 16.1 Å². The van der Waals surface area contributed by atoms with Crippen molar-refractivity contribution in [1.82, 2.24) is 20.0 Å². The van der Waals surface area contributed by atoms with Gasteiger partial charge in [0, 0.05) is 44.4 Å². The van der Waals surface area contributed by atoms with Crippen LogP contribution in [0.3, 0.4) is 0 Å². The van der Waals surface area contributed by atoms with Crippen LogP contribution in [0.15, 0.2) is 79.1 Å². The first kappa shape index (κ1) is 20.1. The molecule has 0 atom stereocenters. The fourth-order valence-electron chi connectivity index (χ4n) is 2.80. The molecule has 0 saturated heterocycles. The van der Waals surface area contributed by atoms with Crippen molar-refractivity contribution >= 4 is 17.9 Å². The molecule has 1 aromatic heterocycles. The zero-order valence-electron chi connectivity index (χ0n) is 16.4. The third-order valence-electron chi connectivity index (χ3n) is 4.37. The fraction of sp³-hybridized carbons (Fsp3) is 0.174. The standard InChI is InChI=1S/C23H24N4O2/c1-26(17-20-16-25-27(18-20)21-10-6-3-7-11-21)23(29)14-15-24-22(28)13-12-19-8-4-2-5-9-19/h2-13,16,18H,14-15,17H2,1H3,(H,24,28)/b13-12+. The molecule has 29 heavy (non-hydrogen) atoms. The van der Waals surface area contributed by atoms with E-state index in [0.29, 0.717) is 13.1 Å². The average Bonchev–Trinajstić information content (AvgIpc) is 3.22. The van der Waals surface area contributed by atoms with Crippen molar-refractivity contribution in [1.29, 1.82) is 0 Å². The highest BCUT2D eigenvalue weighted by Gasteiger charge is 2.11. The lowest BCUT2D eigenvalue weighted by atomic mass is 10.2. The molecule has 3 rings (SSSR count).